The van der Waals surface area contributed by atoms with Crippen molar-refractivity contribution in [3.63, 3.8) is 0 Å². The van der Waals surface area contributed by atoms with Crippen LogP contribution in [-0.2, 0) is 0 Å². The predicted octanol–water partition coefficient (Wildman–Crippen LogP) is 0.677. The van der Waals surface area contributed by atoms with E-state index in [4.69, 9.17) is 0 Å². The molecular weight excluding hydrogens is 100 g/mol. The highest BCUT2D eigenvalue weighted by Crippen LogP contribution is 1.59. The van der Waals surface area contributed by atoms with Crippen molar-refractivity contribution in [2.45, 2.75) is 13.8 Å². The monoisotopic (exact) mass is 114 g/mol. The lowest BCUT2D eigenvalue weighted by Gasteiger charge is -1.92. The van der Waals surface area contributed by atoms with Crippen LogP contribution in [0.25, 0.3) is 0 Å². The number of hydrogen-bond donors (Lipinski definition) is 2. The topological polar surface area (TPSA) is 24.1 Å². The van der Waals surface area contributed by atoms with Crippen LogP contribution < -0.4 is 10.6 Å². The largest absolute Gasteiger partial charge is 0.390 e. The molecule has 0 bridgehead atoms. The Balaban J connectivity index is 2.83. The van der Waals surface area contributed by atoms with Gasteiger partial charge in [0.25, 0.3) is 0 Å². The van der Waals surface area contributed by atoms with Gasteiger partial charge in [-0.3, -0.25) is 0 Å². The van der Waals surface area contributed by atoms with Crippen LogP contribution in [0.4, 0.5) is 0 Å². The normalized spacial score (nSPS) is 9.75. The maximum atomic E-state index is 3.04. The van der Waals surface area contributed by atoms with Gasteiger partial charge in [-0.2, -0.15) is 0 Å². The van der Waals surface area contributed by atoms with E-state index in [1.54, 1.807) is 0 Å². The molecule has 2 nitrogen and oxygen atoms in total. The van der Waals surface area contributed by atoms with Gasteiger partial charge in [0.05, 0.1) is 0 Å². The van der Waals surface area contributed by atoms with Crippen LogP contribution in [0.2, 0.25) is 0 Å². The second kappa shape index (κ2) is 6.34. The summed E-state index contributed by atoms with van der Waals surface area (Å²) >= 11 is 0. The number of rotatable bonds is 4. The Bertz CT molecular complexity index is 51.5. The van der Waals surface area contributed by atoms with Gasteiger partial charge in [0.1, 0.15) is 0 Å². The SMILES string of the molecule is CCN/C=C\NCC. The van der Waals surface area contributed by atoms with Crippen LogP contribution in [0.1, 0.15) is 13.8 Å². The highest BCUT2D eigenvalue weighted by atomic mass is 14.9. The van der Waals surface area contributed by atoms with Gasteiger partial charge in [0, 0.05) is 25.5 Å². The van der Waals surface area contributed by atoms with E-state index in [1.807, 2.05) is 12.4 Å². The molecule has 0 radical (unpaired) electrons. The van der Waals surface area contributed by atoms with Crippen LogP contribution in [-0.4, -0.2) is 13.1 Å². The highest BCUT2D eigenvalue weighted by Gasteiger charge is 1.65. The van der Waals surface area contributed by atoms with E-state index in [0.29, 0.717) is 0 Å². The first-order valence-corrected chi connectivity index (χ1v) is 3.03. The molecule has 48 valence electrons. The molecule has 0 heterocycles. The molecule has 0 rings (SSSR count). The summed E-state index contributed by atoms with van der Waals surface area (Å²) in [6.45, 7) is 6.11. The molecule has 0 saturated heterocycles. The van der Waals surface area contributed by atoms with E-state index in [2.05, 4.69) is 24.5 Å². The maximum absolute atomic E-state index is 3.04. The lowest BCUT2D eigenvalue weighted by molar-refractivity contribution is 0.870. The van der Waals surface area contributed by atoms with Crippen molar-refractivity contribution in [3.8, 4) is 0 Å². The van der Waals surface area contributed by atoms with Crippen molar-refractivity contribution in [2.24, 2.45) is 0 Å². The summed E-state index contributed by atoms with van der Waals surface area (Å²) < 4.78 is 0. The fourth-order valence-corrected chi connectivity index (χ4v) is 0.354. The summed E-state index contributed by atoms with van der Waals surface area (Å²) in [6.07, 6.45) is 3.81. The minimum atomic E-state index is 0.988. The van der Waals surface area contributed by atoms with Crippen LogP contribution in [0.15, 0.2) is 12.4 Å². The minimum absolute atomic E-state index is 0.988. The number of hydrogen-bond acceptors (Lipinski definition) is 2. The van der Waals surface area contributed by atoms with Crippen molar-refractivity contribution in [2.75, 3.05) is 13.1 Å². The zero-order valence-corrected chi connectivity index (χ0v) is 5.57. The lowest BCUT2D eigenvalue weighted by Crippen LogP contribution is -2.07. The zero-order chi connectivity index (χ0) is 6.24. The molecule has 0 aliphatic rings. The van der Waals surface area contributed by atoms with Crippen molar-refractivity contribution >= 4 is 0 Å². The Morgan fingerprint density at radius 2 is 1.38 bits per heavy atom. The molecule has 0 aromatic heterocycles. The van der Waals surface area contributed by atoms with Gasteiger partial charge >= 0.3 is 0 Å². The van der Waals surface area contributed by atoms with E-state index in [-0.39, 0.29) is 0 Å². The summed E-state index contributed by atoms with van der Waals surface area (Å²) in [4.78, 5) is 0. The van der Waals surface area contributed by atoms with Crippen molar-refractivity contribution in [1.29, 1.82) is 0 Å². The summed E-state index contributed by atoms with van der Waals surface area (Å²) in [7, 11) is 0. The standard InChI is InChI=1S/C6H14N2/c1-3-7-5-6-8-4-2/h5-8H,3-4H2,1-2H3/b6-5-. The summed E-state index contributed by atoms with van der Waals surface area (Å²) in [5, 5.41) is 6.08. The molecule has 0 aliphatic carbocycles. The lowest BCUT2D eigenvalue weighted by atomic mass is 10.7. The van der Waals surface area contributed by atoms with E-state index in [0.717, 1.165) is 13.1 Å². The summed E-state index contributed by atoms with van der Waals surface area (Å²) in [6, 6.07) is 0. The molecule has 0 fully saturated rings. The fraction of sp³-hybridized carbons (Fsp3) is 0.667. The van der Waals surface area contributed by atoms with Gasteiger partial charge in [0.15, 0.2) is 0 Å². The maximum Gasteiger partial charge on any atom is 0.0124 e. The quantitative estimate of drug-likeness (QED) is 0.561. The molecular formula is C6H14N2. The summed E-state index contributed by atoms with van der Waals surface area (Å²) in [5.74, 6) is 0. The third-order valence-electron chi connectivity index (χ3n) is 0.727. The molecule has 0 aromatic rings. The third kappa shape index (κ3) is 5.34. The second-order valence-corrected chi connectivity index (χ2v) is 1.45. The fourth-order valence-electron chi connectivity index (χ4n) is 0.354. The summed E-state index contributed by atoms with van der Waals surface area (Å²) in [5.41, 5.74) is 0. The molecule has 0 atom stereocenters. The van der Waals surface area contributed by atoms with Crippen molar-refractivity contribution < 1.29 is 0 Å². The van der Waals surface area contributed by atoms with Gasteiger partial charge in [-0.15, -0.1) is 0 Å². The first-order valence-electron chi connectivity index (χ1n) is 3.03. The van der Waals surface area contributed by atoms with Crippen LogP contribution >= 0.6 is 0 Å². The molecule has 2 heteroatoms. The van der Waals surface area contributed by atoms with E-state index in [9.17, 15) is 0 Å². The molecule has 2 N–H and O–H groups in total. The minimum Gasteiger partial charge on any atom is -0.390 e. The Hall–Kier alpha value is -0.660. The Morgan fingerprint density at radius 1 is 1.00 bits per heavy atom. The van der Waals surface area contributed by atoms with Crippen LogP contribution in [0, 0.1) is 0 Å². The van der Waals surface area contributed by atoms with Crippen LogP contribution in [0.3, 0.4) is 0 Å². The van der Waals surface area contributed by atoms with E-state index in [1.165, 1.54) is 0 Å². The average Bonchev–Trinajstić information content (AvgIpc) is 1.81. The molecule has 8 heavy (non-hydrogen) atoms. The Labute approximate surface area is 51.0 Å². The van der Waals surface area contributed by atoms with Gasteiger partial charge in [-0.25, -0.2) is 0 Å². The van der Waals surface area contributed by atoms with Gasteiger partial charge in [-0.1, -0.05) is 0 Å². The molecule has 0 spiro atoms. The first kappa shape index (κ1) is 7.34. The van der Waals surface area contributed by atoms with Crippen molar-refractivity contribution in [1.82, 2.24) is 10.6 Å². The number of nitrogens with one attached hydrogen (secondary N) is 2. The zero-order valence-electron chi connectivity index (χ0n) is 5.57. The average molecular weight is 114 g/mol. The molecule has 0 saturated carbocycles. The highest BCUT2D eigenvalue weighted by molar-refractivity contribution is 4.74. The van der Waals surface area contributed by atoms with E-state index < -0.39 is 0 Å². The smallest absolute Gasteiger partial charge is 0.0124 e. The molecule has 0 aromatic carbocycles. The molecule has 0 aliphatic heterocycles. The Kier molecular flexibility index (Phi) is 5.82. The van der Waals surface area contributed by atoms with Gasteiger partial charge < -0.3 is 10.6 Å². The van der Waals surface area contributed by atoms with E-state index >= 15 is 0 Å². The Morgan fingerprint density at radius 3 is 1.62 bits per heavy atom. The predicted molar refractivity (Wildman–Crippen MR) is 36.5 cm³/mol. The van der Waals surface area contributed by atoms with Crippen LogP contribution in [0.5, 0.6) is 0 Å². The van der Waals surface area contributed by atoms with Gasteiger partial charge in [0.2, 0.25) is 0 Å². The van der Waals surface area contributed by atoms with Gasteiger partial charge in [-0.05, 0) is 13.8 Å². The van der Waals surface area contributed by atoms with Crippen molar-refractivity contribution in [3.05, 3.63) is 12.4 Å². The molecule has 0 amide bonds. The second-order valence-electron chi connectivity index (χ2n) is 1.45. The third-order valence-corrected chi connectivity index (χ3v) is 0.727. The first-order chi connectivity index (χ1) is 3.91. The molecule has 0 unspecified atom stereocenters.